The number of piperidine rings is 1. The Kier molecular flexibility index (Phi) is 4.36. The number of nitrogens with zero attached hydrogens (tertiary/aromatic N) is 1. The minimum Gasteiger partial charge on any atom is -0.381 e. The van der Waals surface area contributed by atoms with E-state index in [1.165, 1.54) is 12.8 Å². The van der Waals surface area contributed by atoms with Gasteiger partial charge in [0.1, 0.15) is 5.78 Å². The second-order valence-corrected chi connectivity index (χ2v) is 5.05. The van der Waals surface area contributed by atoms with E-state index in [0.29, 0.717) is 11.9 Å². The molecule has 1 heterocycles. The van der Waals surface area contributed by atoms with Gasteiger partial charge in [-0.2, -0.15) is 0 Å². The van der Waals surface area contributed by atoms with Crippen molar-refractivity contribution in [2.45, 2.75) is 57.1 Å². The fourth-order valence-corrected chi connectivity index (χ4v) is 2.95. The van der Waals surface area contributed by atoms with Crippen molar-refractivity contribution < 1.29 is 9.53 Å². The maximum absolute atomic E-state index is 12.0. The van der Waals surface area contributed by atoms with Gasteiger partial charge in [0.15, 0.2) is 0 Å². The maximum Gasteiger partial charge on any atom is 0.149 e. The summed E-state index contributed by atoms with van der Waals surface area (Å²) in [6.07, 6.45) is 8.02. The van der Waals surface area contributed by atoms with Crippen LogP contribution in [0, 0.1) is 0 Å². The lowest BCUT2D eigenvalue weighted by atomic mass is 10.0. The summed E-state index contributed by atoms with van der Waals surface area (Å²) in [5, 5.41) is 0. The molecule has 1 aliphatic carbocycles. The molecule has 3 heteroatoms. The Balaban J connectivity index is 1.89. The fourth-order valence-electron chi connectivity index (χ4n) is 2.95. The van der Waals surface area contributed by atoms with Crippen molar-refractivity contribution in [2.24, 2.45) is 0 Å². The van der Waals surface area contributed by atoms with Crippen LogP contribution in [0.25, 0.3) is 0 Å². The third-order valence-electron chi connectivity index (χ3n) is 4.02. The molecule has 16 heavy (non-hydrogen) atoms. The molecule has 0 aromatic rings. The van der Waals surface area contributed by atoms with E-state index in [2.05, 4.69) is 4.90 Å². The molecule has 1 unspecified atom stereocenters. The van der Waals surface area contributed by atoms with Gasteiger partial charge >= 0.3 is 0 Å². The highest BCUT2D eigenvalue weighted by atomic mass is 16.5. The minimum absolute atomic E-state index is 0.223. The first-order chi connectivity index (χ1) is 7.81. The zero-order valence-corrected chi connectivity index (χ0v) is 10.3. The van der Waals surface area contributed by atoms with Gasteiger partial charge in [0.25, 0.3) is 0 Å². The molecule has 0 radical (unpaired) electrons. The van der Waals surface area contributed by atoms with Crippen LogP contribution in [-0.2, 0) is 9.53 Å². The van der Waals surface area contributed by atoms with Crippen molar-refractivity contribution in [1.82, 2.24) is 4.90 Å². The molecule has 92 valence electrons. The summed E-state index contributed by atoms with van der Waals surface area (Å²) < 4.78 is 5.37. The Morgan fingerprint density at radius 2 is 1.88 bits per heavy atom. The lowest BCUT2D eigenvalue weighted by Crippen LogP contribution is -2.46. The molecular weight excluding hydrogens is 202 g/mol. The van der Waals surface area contributed by atoms with Gasteiger partial charge in [-0.1, -0.05) is 12.8 Å². The molecule has 3 nitrogen and oxygen atoms in total. The Bertz CT molecular complexity index is 234. The van der Waals surface area contributed by atoms with Crippen LogP contribution in [0.1, 0.15) is 44.9 Å². The van der Waals surface area contributed by atoms with E-state index in [1.54, 1.807) is 7.11 Å². The largest absolute Gasteiger partial charge is 0.381 e. The zero-order chi connectivity index (χ0) is 11.4. The fraction of sp³-hybridized carbons (Fsp3) is 0.923. The van der Waals surface area contributed by atoms with Gasteiger partial charge in [-0.05, 0) is 25.7 Å². The topological polar surface area (TPSA) is 29.5 Å². The molecule has 2 fully saturated rings. The Morgan fingerprint density at radius 1 is 1.12 bits per heavy atom. The van der Waals surface area contributed by atoms with Crippen molar-refractivity contribution in [3.8, 4) is 0 Å². The van der Waals surface area contributed by atoms with Crippen LogP contribution < -0.4 is 0 Å². The van der Waals surface area contributed by atoms with E-state index < -0.39 is 0 Å². The summed E-state index contributed by atoms with van der Waals surface area (Å²) >= 11 is 0. The van der Waals surface area contributed by atoms with Crippen LogP contribution in [0.2, 0.25) is 0 Å². The predicted molar refractivity (Wildman–Crippen MR) is 63.5 cm³/mol. The number of ketones is 1. The summed E-state index contributed by atoms with van der Waals surface area (Å²) in [4.78, 5) is 14.4. The molecule has 0 spiro atoms. The van der Waals surface area contributed by atoms with Gasteiger partial charge in [-0.15, -0.1) is 0 Å². The number of hydrogen-bond acceptors (Lipinski definition) is 3. The third-order valence-corrected chi connectivity index (χ3v) is 4.02. The molecule has 0 N–H and O–H groups in total. The van der Waals surface area contributed by atoms with Gasteiger partial charge in [-0.3, -0.25) is 9.69 Å². The monoisotopic (exact) mass is 225 g/mol. The number of rotatable bonds is 2. The van der Waals surface area contributed by atoms with Gasteiger partial charge in [-0.25, -0.2) is 0 Å². The van der Waals surface area contributed by atoms with Crippen molar-refractivity contribution >= 4 is 5.78 Å². The highest BCUT2D eigenvalue weighted by Crippen LogP contribution is 2.23. The summed E-state index contributed by atoms with van der Waals surface area (Å²) in [5.74, 6) is 0.480. The second-order valence-electron chi connectivity index (χ2n) is 5.05. The molecule has 1 atom stereocenters. The van der Waals surface area contributed by atoms with E-state index in [0.717, 1.165) is 45.2 Å². The minimum atomic E-state index is 0.223. The Hall–Kier alpha value is -0.410. The summed E-state index contributed by atoms with van der Waals surface area (Å²) in [7, 11) is 1.79. The summed E-state index contributed by atoms with van der Waals surface area (Å²) in [6.45, 7) is 2.07. The first kappa shape index (κ1) is 12.1. The van der Waals surface area contributed by atoms with Crippen molar-refractivity contribution in [3.05, 3.63) is 0 Å². The van der Waals surface area contributed by atoms with Crippen LogP contribution >= 0.6 is 0 Å². The first-order valence-electron chi connectivity index (χ1n) is 6.61. The number of carbonyl (C=O) groups is 1. The number of ether oxygens (including phenoxy) is 1. The average Bonchev–Trinajstić information content (AvgIpc) is 2.54. The SMILES string of the molecule is COC1CCN(C2CCCCCC2=O)CC1. The molecule has 0 bridgehead atoms. The lowest BCUT2D eigenvalue weighted by molar-refractivity contribution is -0.125. The van der Waals surface area contributed by atoms with E-state index in [4.69, 9.17) is 4.74 Å². The average molecular weight is 225 g/mol. The summed E-state index contributed by atoms with van der Waals surface area (Å²) in [5.41, 5.74) is 0. The van der Waals surface area contributed by atoms with Crippen LogP contribution in [0.3, 0.4) is 0 Å². The van der Waals surface area contributed by atoms with Gasteiger partial charge < -0.3 is 4.74 Å². The van der Waals surface area contributed by atoms with Gasteiger partial charge in [0, 0.05) is 26.6 Å². The highest BCUT2D eigenvalue weighted by Gasteiger charge is 2.29. The van der Waals surface area contributed by atoms with Crippen LogP contribution in [0.5, 0.6) is 0 Å². The predicted octanol–water partition coefficient (Wildman–Crippen LogP) is 2.00. The van der Waals surface area contributed by atoms with Crippen molar-refractivity contribution in [2.75, 3.05) is 20.2 Å². The number of likely N-dealkylation sites (tertiary alicyclic amines) is 1. The van der Waals surface area contributed by atoms with E-state index >= 15 is 0 Å². The second kappa shape index (κ2) is 5.78. The molecular formula is C13H23NO2. The number of hydrogen-bond donors (Lipinski definition) is 0. The van der Waals surface area contributed by atoms with E-state index in [1.807, 2.05) is 0 Å². The lowest BCUT2D eigenvalue weighted by Gasteiger charge is -2.36. The summed E-state index contributed by atoms with van der Waals surface area (Å²) in [6, 6.07) is 0.223. The Labute approximate surface area is 98.1 Å². The quantitative estimate of drug-likeness (QED) is 0.673. The van der Waals surface area contributed by atoms with Crippen molar-refractivity contribution in [1.29, 1.82) is 0 Å². The molecule has 0 aromatic heterocycles. The number of carbonyl (C=O) groups excluding carboxylic acids is 1. The standard InChI is InChI=1S/C13H23NO2/c1-16-11-7-9-14(10-8-11)12-5-3-2-4-6-13(12)15/h11-12H,2-10H2,1H3. The maximum atomic E-state index is 12.0. The van der Waals surface area contributed by atoms with Gasteiger partial charge in [0.2, 0.25) is 0 Å². The van der Waals surface area contributed by atoms with Crippen molar-refractivity contribution in [3.63, 3.8) is 0 Å². The number of Topliss-reactive ketones (excluding diaryl/α,β-unsaturated/α-hetero) is 1. The molecule has 1 aliphatic heterocycles. The molecule has 0 aromatic carbocycles. The van der Waals surface area contributed by atoms with Crippen LogP contribution in [0.4, 0.5) is 0 Å². The smallest absolute Gasteiger partial charge is 0.149 e. The van der Waals surface area contributed by atoms with E-state index in [-0.39, 0.29) is 6.04 Å². The molecule has 1 saturated heterocycles. The molecule has 1 saturated carbocycles. The number of methoxy groups -OCH3 is 1. The normalized spacial score (nSPS) is 30.3. The first-order valence-corrected chi connectivity index (χ1v) is 6.61. The molecule has 0 amide bonds. The van der Waals surface area contributed by atoms with E-state index in [9.17, 15) is 4.79 Å². The highest BCUT2D eigenvalue weighted by molar-refractivity contribution is 5.84. The van der Waals surface area contributed by atoms with Gasteiger partial charge in [0.05, 0.1) is 12.1 Å². The van der Waals surface area contributed by atoms with Crippen LogP contribution in [0.15, 0.2) is 0 Å². The third kappa shape index (κ3) is 2.83. The Morgan fingerprint density at radius 3 is 2.56 bits per heavy atom. The molecule has 2 rings (SSSR count). The zero-order valence-electron chi connectivity index (χ0n) is 10.3. The van der Waals surface area contributed by atoms with Crippen LogP contribution in [-0.4, -0.2) is 43.0 Å². The molecule has 2 aliphatic rings.